The number of benzene rings is 1. The fourth-order valence-electron chi connectivity index (χ4n) is 2.45. The van der Waals surface area contributed by atoms with E-state index in [0.29, 0.717) is 0 Å². The van der Waals surface area contributed by atoms with Gasteiger partial charge in [-0.1, -0.05) is 24.3 Å². The van der Waals surface area contributed by atoms with E-state index in [1.807, 2.05) is 12.5 Å². The Balaban J connectivity index is 1.89. The van der Waals surface area contributed by atoms with Crippen molar-refractivity contribution in [1.29, 1.82) is 0 Å². The van der Waals surface area contributed by atoms with Crippen molar-refractivity contribution in [2.24, 2.45) is 11.7 Å². The minimum atomic E-state index is 0.266. The van der Waals surface area contributed by atoms with Crippen molar-refractivity contribution >= 4 is 0 Å². The number of aryl methyl sites for hydroxylation is 1. The largest absolute Gasteiger partial charge is 0.329 e. The molecule has 0 aliphatic heterocycles. The molecule has 0 amide bonds. The van der Waals surface area contributed by atoms with Crippen LogP contribution in [0.15, 0.2) is 36.8 Å². The molecule has 1 aliphatic carbocycles. The van der Waals surface area contributed by atoms with Gasteiger partial charge >= 0.3 is 0 Å². The highest BCUT2D eigenvalue weighted by atomic mass is 15.1. The summed E-state index contributed by atoms with van der Waals surface area (Å²) in [5, 5.41) is 0. The first-order valence-electron chi connectivity index (χ1n) is 6.57. The van der Waals surface area contributed by atoms with Crippen molar-refractivity contribution in [3.05, 3.63) is 42.4 Å². The van der Waals surface area contributed by atoms with Crippen LogP contribution in [0.1, 0.15) is 18.4 Å². The van der Waals surface area contributed by atoms with E-state index >= 15 is 0 Å². The average molecular weight is 241 g/mol. The van der Waals surface area contributed by atoms with E-state index in [4.69, 9.17) is 5.73 Å². The van der Waals surface area contributed by atoms with Gasteiger partial charge in [0.25, 0.3) is 0 Å². The number of hydrogen-bond acceptors (Lipinski definition) is 2. The van der Waals surface area contributed by atoms with E-state index in [1.54, 1.807) is 0 Å². The van der Waals surface area contributed by atoms with Crippen LogP contribution in [-0.2, 0) is 6.54 Å². The second kappa shape index (κ2) is 4.58. The summed E-state index contributed by atoms with van der Waals surface area (Å²) in [6.45, 7) is 3.00. The zero-order valence-corrected chi connectivity index (χ0v) is 10.7. The van der Waals surface area contributed by atoms with Gasteiger partial charge in [-0.15, -0.1) is 0 Å². The van der Waals surface area contributed by atoms with Crippen molar-refractivity contribution in [2.45, 2.75) is 32.4 Å². The zero-order chi connectivity index (χ0) is 12.5. The predicted molar refractivity (Wildman–Crippen MR) is 73.1 cm³/mol. The van der Waals surface area contributed by atoms with Gasteiger partial charge in [-0.25, -0.2) is 4.98 Å². The quantitative estimate of drug-likeness (QED) is 0.894. The maximum atomic E-state index is 6.21. The van der Waals surface area contributed by atoms with Gasteiger partial charge in [-0.05, 0) is 31.2 Å². The lowest BCUT2D eigenvalue weighted by molar-refractivity contribution is 0.505. The minimum Gasteiger partial charge on any atom is -0.329 e. The van der Waals surface area contributed by atoms with Crippen LogP contribution >= 0.6 is 0 Å². The molecule has 0 bridgehead atoms. The van der Waals surface area contributed by atoms with Crippen LogP contribution in [0.2, 0.25) is 0 Å². The summed E-state index contributed by atoms with van der Waals surface area (Å²) in [6.07, 6.45) is 6.40. The molecule has 0 spiro atoms. The molecule has 1 aromatic carbocycles. The molecule has 1 heterocycles. The average Bonchev–Trinajstić information content (AvgIpc) is 3.12. The number of aromatic nitrogens is 2. The monoisotopic (exact) mass is 241 g/mol. The summed E-state index contributed by atoms with van der Waals surface area (Å²) in [7, 11) is 0. The number of hydrogen-bond donors (Lipinski definition) is 1. The van der Waals surface area contributed by atoms with Crippen molar-refractivity contribution in [3.8, 4) is 11.3 Å². The Labute approximate surface area is 108 Å². The molecular weight excluding hydrogens is 222 g/mol. The maximum absolute atomic E-state index is 6.21. The smallest absolute Gasteiger partial charge is 0.0951 e. The van der Waals surface area contributed by atoms with Gasteiger partial charge in [0.05, 0.1) is 18.2 Å². The van der Waals surface area contributed by atoms with Crippen molar-refractivity contribution < 1.29 is 0 Å². The summed E-state index contributed by atoms with van der Waals surface area (Å²) in [5.74, 6) is 0.720. The lowest BCUT2D eigenvalue weighted by Crippen LogP contribution is -2.28. The zero-order valence-electron chi connectivity index (χ0n) is 10.7. The highest BCUT2D eigenvalue weighted by Gasteiger charge is 2.28. The van der Waals surface area contributed by atoms with Crippen LogP contribution in [0.5, 0.6) is 0 Å². The van der Waals surface area contributed by atoms with E-state index in [1.165, 1.54) is 29.7 Å². The SMILES string of the molecule is Cc1ccccc1-c1cncn1CC(N)C1CC1. The third-order valence-electron chi connectivity index (χ3n) is 3.77. The van der Waals surface area contributed by atoms with Crippen molar-refractivity contribution in [2.75, 3.05) is 0 Å². The van der Waals surface area contributed by atoms with E-state index in [-0.39, 0.29) is 6.04 Å². The maximum Gasteiger partial charge on any atom is 0.0951 e. The standard InChI is InChI=1S/C15H19N3/c1-11-4-2-3-5-13(11)15-8-17-10-18(15)9-14(16)12-6-7-12/h2-5,8,10,12,14H,6-7,9,16H2,1H3. The van der Waals surface area contributed by atoms with Crippen LogP contribution < -0.4 is 5.73 Å². The molecular formula is C15H19N3. The Hall–Kier alpha value is -1.61. The number of nitrogens with two attached hydrogens (primary N) is 1. The van der Waals surface area contributed by atoms with Crippen LogP contribution in [-0.4, -0.2) is 15.6 Å². The fourth-order valence-corrected chi connectivity index (χ4v) is 2.45. The van der Waals surface area contributed by atoms with E-state index in [0.717, 1.165) is 12.5 Å². The highest BCUT2D eigenvalue weighted by molar-refractivity contribution is 5.63. The molecule has 1 atom stereocenters. The summed E-state index contributed by atoms with van der Waals surface area (Å²) in [6, 6.07) is 8.68. The number of rotatable bonds is 4. The third kappa shape index (κ3) is 2.18. The van der Waals surface area contributed by atoms with Gasteiger partial charge in [0.2, 0.25) is 0 Å². The van der Waals surface area contributed by atoms with Crippen LogP contribution in [0, 0.1) is 12.8 Å². The Morgan fingerprint density at radius 2 is 2.17 bits per heavy atom. The molecule has 1 aliphatic rings. The molecule has 3 heteroatoms. The summed E-state index contributed by atoms with van der Waals surface area (Å²) >= 11 is 0. The molecule has 3 rings (SSSR count). The van der Waals surface area contributed by atoms with Gasteiger partial charge in [0, 0.05) is 18.2 Å². The van der Waals surface area contributed by atoms with Crippen LogP contribution in [0.25, 0.3) is 11.3 Å². The molecule has 94 valence electrons. The molecule has 1 fully saturated rings. The van der Waals surface area contributed by atoms with Gasteiger partial charge in [0.15, 0.2) is 0 Å². The molecule has 2 N–H and O–H groups in total. The number of nitrogens with zero attached hydrogens (tertiary/aromatic N) is 2. The minimum absolute atomic E-state index is 0.266. The topological polar surface area (TPSA) is 43.8 Å². The summed E-state index contributed by atoms with van der Waals surface area (Å²) < 4.78 is 2.19. The second-order valence-corrected chi connectivity index (χ2v) is 5.25. The number of imidazole rings is 1. The molecule has 1 aromatic heterocycles. The van der Waals surface area contributed by atoms with Crippen molar-refractivity contribution in [1.82, 2.24) is 9.55 Å². The first kappa shape index (κ1) is 11.5. The van der Waals surface area contributed by atoms with Crippen molar-refractivity contribution in [3.63, 3.8) is 0 Å². The Morgan fingerprint density at radius 1 is 1.39 bits per heavy atom. The highest BCUT2D eigenvalue weighted by Crippen LogP contribution is 2.33. The van der Waals surface area contributed by atoms with Gasteiger partial charge in [-0.3, -0.25) is 0 Å². The lowest BCUT2D eigenvalue weighted by atomic mass is 10.1. The molecule has 1 unspecified atom stereocenters. The van der Waals surface area contributed by atoms with Gasteiger partial charge in [-0.2, -0.15) is 0 Å². The van der Waals surface area contributed by atoms with E-state index in [2.05, 4.69) is 40.7 Å². The fraction of sp³-hybridized carbons (Fsp3) is 0.400. The van der Waals surface area contributed by atoms with Crippen LogP contribution in [0.4, 0.5) is 0 Å². The first-order chi connectivity index (χ1) is 8.75. The third-order valence-corrected chi connectivity index (χ3v) is 3.77. The molecule has 0 radical (unpaired) electrons. The Kier molecular flexibility index (Phi) is 2.92. The summed E-state index contributed by atoms with van der Waals surface area (Å²) in [5.41, 5.74) is 9.90. The molecule has 2 aromatic rings. The molecule has 1 saturated carbocycles. The van der Waals surface area contributed by atoms with Crippen LogP contribution in [0.3, 0.4) is 0 Å². The van der Waals surface area contributed by atoms with E-state index in [9.17, 15) is 0 Å². The Morgan fingerprint density at radius 3 is 2.89 bits per heavy atom. The molecule has 3 nitrogen and oxygen atoms in total. The molecule has 0 saturated heterocycles. The second-order valence-electron chi connectivity index (χ2n) is 5.25. The van der Waals surface area contributed by atoms with Gasteiger partial charge in [0.1, 0.15) is 0 Å². The van der Waals surface area contributed by atoms with E-state index < -0.39 is 0 Å². The summed E-state index contributed by atoms with van der Waals surface area (Å²) in [4.78, 5) is 4.28. The first-order valence-corrected chi connectivity index (χ1v) is 6.57. The molecule has 18 heavy (non-hydrogen) atoms. The predicted octanol–water partition coefficient (Wildman–Crippen LogP) is 2.60. The lowest BCUT2D eigenvalue weighted by Gasteiger charge is -2.15. The Bertz CT molecular complexity index is 540. The normalized spacial score (nSPS) is 16.8. The van der Waals surface area contributed by atoms with Gasteiger partial charge < -0.3 is 10.3 Å².